The zero-order valence-electron chi connectivity index (χ0n) is 5.27. The van der Waals surface area contributed by atoms with Crippen molar-refractivity contribution in [1.29, 1.82) is 0 Å². The van der Waals surface area contributed by atoms with E-state index in [0.29, 0.717) is 6.42 Å². The summed E-state index contributed by atoms with van der Waals surface area (Å²) in [6.07, 6.45) is 1.02. The predicted molar refractivity (Wildman–Crippen MR) is 33.4 cm³/mol. The van der Waals surface area contributed by atoms with Gasteiger partial charge in [0.15, 0.2) is 0 Å². The number of carbonyl (C=O) groups is 1. The smallest absolute Gasteiger partial charge is 0.303 e. The van der Waals surface area contributed by atoms with Crippen LogP contribution in [0.5, 0.6) is 0 Å². The highest BCUT2D eigenvalue weighted by Crippen LogP contribution is 1.82. The summed E-state index contributed by atoms with van der Waals surface area (Å²) in [5, 5.41) is 7.91. The SMILES string of the molecule is CCCC(=O)O.O.O.O. The lowest BCUT2D eigenvalue weighted by Crippen LogP contribution is -1.90. The summed E-state index contributed by atoms with van der Waals surface area (Å²) in [7, 11) is 0. The fraction of sp³-hybridized carbons (Fsp3) is 0.750. The van der Waals surface area contributed by atoms with Gasteiger partial charge in [0.05, 0.1) is 0 Å². The standard InChI is InChI=1S/C4H8O2.3H2O/c1-2-3-4(5)6;;;/h2-3H2,1H3,(H,5,6);3*1H2. The largest absolute Gasteiger partial charge is 0.481 e. The van der Waals surface area contributed by atoms with E-state index in [4.69, 9.17) is 5.11 Å². The summed E-state index contributed by atoms with van der Waals surface area (Å²) in [5.74, 6) is -0.711. The quantitative estimate of drug-likeness (QED) is 0.497. The highest BCUT2D eigenvalue weighted by atomic mass is 16.4. The van der Waals surface area contributed by atoms with Gasteiger partial charge in [-0.25, -0.2) is 0 Å². The maximum Gasteiger partial charge on any atom is 0.303 e. The van der Waals surface area contributed by atoms with Crippen molar-refractivity contribution in [3.63, 3.8) is 0 Å². The number of rotatable bonds is 2. The van der Waals surface area contributed by atoms with E-state index in [-0.39, 0.29) is 16.4 Å². The predicted octanol–water partition coefficient (Wildman–Crippen LogP) is -1.60. The van der Waals surface area contributed by atoms with E-state index in [1.807, 2.05) is 6.92 Å². The molecule has 0 aliphatic carbocycles. The summed E-state index contributed by atoms with van der Waals surface area (Å²) in [4.78, 5) is 9.60. The second kappa shape index (κ2) is 15.7. The van der Waals surface area contributed by atoms with Gasteiger partial charge in [-0.3, -0.25) is 4.79 Å². The molecule has 0 aromatic rings. The molecule has 0 atom stereocenters. The number of hydrogen-bond donors (Lipinski definition) is 1. The lowest BCUT2D eigenvalue weighted by molar-refractivity contribution is -0.137. The van der Waals surface area contributed by atoms with Gasteiger partial charge in [-0.2, -0.15) is 0 Å². The maximum atomic E-state index is 9.60. The van der Waals surface area contributed by atoms with Gasteiger partial charge in [-0.15, -0.1) is 0 Å². The first kappa shape index (κ1) is 23.8. The fourth-order valence-electron chi connectivity index (χ4n) is 0.214. The Hall–Kier alpha value is -0.650. The second-order valence-electron chi connectivity index (χ2n) is 1.14. The minimum atomic E-state index is -0.711. The zero-order chi connectivity index (χ0) is 4.99. The molecule has 0 fully saturated rings. The molecule has 0 aliphatic heterocycles. The molecule has 0 unspecified atom stereocenters. The van der Waals surface area contributed by atoms with Crippen LogP contribution >= 0.6 is 0 Å². The Kier molecular flexibility index (Phi) is 41.5. The van der Waals surface area contributed by atoms with Gasteiger partial charge in [0.1, 0.15) is 0 Å². The second-order valence-corrected chi connectivity index (χ2v) is 1.14. The van der Waals surface area contributed by atoms with Crippen LogP contribution in [0.25, 0.3) is 0 Å². The molecule has 5 heteroatoms. The Morgan fingerprint density at radius 3 is 1.67 bits per heavy atom. The van der Waals surface area contributed by atoms with Gasteiger partial charge >= 0.3 is 5.97 Å². The highest BCUT2D eigenvalue weighted by molar-refractivity contribution is 5.66. The van der Waals surface area contributed by atoms with E-state index in [0.717, 1.165) is 6.42 Å². The molecule has 9 heavy (non-hydrogen) atoms. The molecule has 0 amide bonds. The van der Waals surface area contributed by atoms with Crippen molar-refractivity contribution in [2.45, 2.75) is 19.8 Å². The van der Waals surface area contributed by atoms with Crippen LogP contribution in [-0.2, 0) is 4.79 Å². The van der Waals surface area contributed by atoms with Gasteiger partial charge in [0.25, 0.3) is 0 Å². The molecule has 0 rings (SSSR count). The Bertz CT molecular complexity index is 52.9. The molecule has 0 aliphatic rings. The van der Waals surface area contributed by atoms with Crippen LogP contribution < -0.4 is 0 Å². The van der Waals surface area contributed by atoms with E-state index < -0.39 is 5.97 Å². The van der Waals surface area contributed by atoms with Gasteiger partial charge in [0.2, 0.25) is 0 Å². The Balaban J connectivity index is -0.0000000417. The molecule has 0 aromatic carbocycles. The van der Waals surface area contributed by atoms with E-state index >= 15 is 0 Å². The van der Waals surface area contributed by atoms with Gasteiger partial charge in [0, 0.05) is 6.42 Å². The molecule has 0 heterocycles. The Morgan fingerprint density at radius 1 is 1.33 bits per heavy atom. The van der Waals surface area contributed by atoms with Crippen molar-refractivity contribution in [3.05, 3.63) is 0 Å². The number of carboxylic acids is 1. The van der Waals surface area contributed by atoms with Crippen LogP contribution in [0.3, 0.4) is 0 Å². The lowest BCUT2D eigenvalue weighted by atomic mass is 10.4. The summed E-state index contributed by atoms with van der Waals surface area (Å²) in [6, 6.07) is 0. The van der Waals surface area contributed by atoms with Crippen LogP contribution in [0, 0.1) is 0 Å². The monoisotopic (exact) mass is 142 g/mol. The van der Waals surface area contributed by atoms with E-state index in [1.165, 1.54) is 0 Å². The lowest BCUT2D eigenvalue weighted by Gasteiger charge is -1.79. The van der Waals surface area contributed by atoms with E-state index in [2.05, 4.69) is 0 Å². The average molecular weight is 142 g/mol. The van der Waals surface area contributed by atoms with Crippen molar-refractivity contribution in [1.82, 2.24) is 0 Å². The third-order valence-corrected chi connectivity index (χ3v) is 0.464. The molecule has 7 N–H and O–H groups in total. The molecule has 60 valence electrons. The molecule has 0 bridgehead atoms. The Labute approximate surface area is 53.2 Å². The van der Waals surface area contributed by atoms with E-state index in [9.17, 15) is 4.79 Å². The van der Waals surface area contributed by atoms with Crippen molar-refractivity contribution in [2.24, 2.45) is 0 Å². The summed E-state index contributed by atoms with van der Waals surface area (Å²) >= 11 is 0. The number of carboxylic acid groups (broad SMARTS) is 1. The molecule has 0 spiro atoms. The molecule has 0 saturated heterocycles. The van der Waals surface area contributed by atoms with E-state index in [1.54, 1.807) is 0 Å². The maximum absolute atomic E-state index is 9.60. The Morgan fingerprint density at radius 2 is 1.67 bits per heavy atom. The summed E-state index contributed by atoms with van der Waals surface area (Å²) in [5.41, 5.74) is 0. The summed E-state index contributed by atoms with van der Waals surface area (Å²) in [6.45, 7) is 1.84. The minimum Gasteiger partial charge on any atom is -0.481 e. The first-order chi connectivity index (χ1) is 2.77. The van der Waals surface area contributed by atoms with Gasteiger partial charge in [-0.05, 0) is 6.42 Å². The van der Waals surface area contributed by atoms with Crippen molar-refractivity contribution in [2.75, 3.05) is 0 Å². The zero-order valence-corrected chi connectivity index (χ0v) is 5.27. The van der Waals surface area contributed by atoms with Crippen molar-refractivity contribution in [3.8, 4) is 0 Å². The molecule has 0 saturated carbocycles. The highest BCUT2D eigenvalue weighted by Gasteiger charge is 1.87. The molecule has 5 nitrogen and oxygen atoms in total. The topological polar surface area (TPSA) is 132 Å². The van der Waals surface area contributed by atoms with Crippen LogP contribution in [0.1, 0.15) is 19.8 Å². The normalized spacial score (nSPS) is 5.44. The molecule has 0 aromatic heterocycles. The first-order valence-corrected chi connectivity index (χ1v) is 1.99. The fourth-order valence-corrected chi connectivity index (χ4v) is 0.214. The first-order valence-electron chi connectivity index (χ1n) is 1.99. The molecule has 0 radical (unpaired) electrons. The van der Waals surface area contributed by atoms with Gasteiger partial charge < -0.3 is 21.5 Å². The molecular weight excluding hydrogens is 128 g/mol. The van der Waals surface area contributed by atoms with Gasteiger partial charge in [-0.1, -0.05) is 6.92 Å². The van der Waals surface area contributed by atoms with Crippen LogP contribution in [0.2, 0.25) is 0 Å². The van der Waals surface area contributed by atoms with Crippen molar-refractivity contribution < 1.29 is 26.3 Å². The number of hydrogen-bond acceptors (Lipinski definition) is 1. The third-order valence-electron chi connectivity index (χ3n) is 0.464. The number of aliphatic carboxylic acids is 1. The summed E-state index contributed by atoms with van der Waals surface area (Å²) < 4.78 is 0. The molecular formula is C4H14O5. The van der Waals surface area contributed by atoms with Crippen LogP contribution in [-0.4, -0.2) is 27.5 Å². The van der Waals surface area contributed by atoms with Crippen LogP contribution in [0.4, 0.5) is 0 Å². The van der Waals surface area contributed by atoms with Crippen molar-refractivity contribution >= 4 is 5.97 Å². The average Bonchev–Trinajstić information content (AvgIpc) is 1.35. The minimum absolute atomic E-state index is 0. The van der Waals surface area contributed by atoms with Crippen LogP contribution in [0.15, 0.2) is 0 Å². The third kappa shape index (κ3) is 38.1.